The summed E-state index contributed by atoms with van der Waals surface area (Å²) >= 11 is 0. The maximum absolute atomic E-state index is 12.4. The van der Waals surface area contributed by atoms with Crippen LogP contribution in [0, 0.1) is 0 Å². The predicted molar refractivity (Wildman–Crippen MR) is 105 cm³/mol. The standard InChI is InChI=1S/C22H24N2O2/c1-3-4-12-23-21(25)13-17-15-24-20-11-10-18(26-2)14-19(20)22(17)16-8-6-5-7-9-16/h5-11,14-15H,3-4,12-13H2,1-2H3,(H,23,25). The third-order valence-corrected chi connectivity index (χ3v) is 4.42. The van der Waals surface area contributed by atoms with E-state index in [0.29, 0.717) is 13.0 Å². The van der Waals surface area contributed by atoms with Crippen LogP contribution in [0.3, 0.4) is 0 Å². The van der Waals surface area contributed by atoms with E-state index in [1.54, 1.807) is 7.11 Å². The van der Waals surface area contributed by atoms with Crippen LogP contribution in [0.25, 0.3) is 22.0 Å². The molecular weight excluding hydrogens is 324 g/mol. The van der Waals surface area contributed by atoms with Crippen LogP contribution in [0.15, 0.2) is 54.7 Å². The van der Waals surface area contributed by atoms with Crippen LogP contribution in [0.2, 0.25) is 0 Å². The van der Waals surface area contributed by atoms with Gasteiger partial charge in [-0.05, 0) is 41.3 Å². The van der Waals surface area contributed by atoms with Gasteiger partial charge in [-0.25, -0.2) is 0 Å². The molecule has 0 aliphatic heterocycles. The number of aromatic nitrogens is 1. The summed E-state index contributed by atoms with van der Waals surface area (Å²) in [5.74, 6) is 0.806. The summed E-state index contributed by atoms with van der Waals surface area (Å²) in [4.78, 5) is 16.9. The molecule has 1 heterocycles. The smallest absolute Gasteiger partial charge is 0.224 e. The van der Waals surface area contributed by atoms with E-state index < -0.39 is 0 Å². The molecular formula is C22H24N2O2. The molecule has 0 bridgehead atoms. The number of unbranched alkanes of at least 4 members (excludes halogenated alkanes) is 1. The lowest BCUT2D eigenvalue weighted by atomic mass is 9.94. The molecule has 3 rings (SSSR count). The molecule has 134 valence electrons. The Morgan fingerprint density at radius 1 is 1.15 bits per heavy atom. The number of carbonyl (C=O) groups is 1. The monoisotopic (exact) mass is 348 g/mol. The zero-order valence-electron chi connectivity index (χ0n) is 15.3. The molecule has 0 fully saturated rings. The molecule has 0 aliphatic carbocycles. The first-order valence-corrected chi connectivity index (χ1v) is 9.00. The number of pyridine rings is 1. The summed E-state index contributed by atoms with van der Waals surface area (Å²) in [6.07, 6.45) is 4.18. The molecule has 1 amide bonds. The highest BCUT2D eigenvalue weighted by Crippen LogP contribution is 2.33. The molecule has 1 aromatic heterocycles. The number of nitrogens with zero attached hydrogens (tertiary/aromatic N) is 1. The predicted octanol–water partition coefficient (Wildman–Crippen LogP) is 4.37. The Hall–Kier alpha value is -2.88. The molecule has 0 radical (unpaired) electrons. The maximum atomic E-state index is 12.4. The first-order chi connectivity index (χ1) is 12.7. The lowest BCUT2D eigenvalue weighted by molar-refractivity contribution is -0.120. The second-order valence-electron chi connectivity index (χ2n) is 6.29. The normalized spacial score (nSPS) is 10.7. The molecule has 4 heteroatoms. The van der Waals surface area contributed by atoms with Crippen LogP contribution >= 0.6 is 0 Å². The Morgan fingerprint density at radius 3 is 2.69 bits per heavy atom. The van der Waals surface area contributed by atoms with Gasteiger partial charge in [0.25, 0.3) is 0 Å². The van der Waals surface area contributed by atoms with Crippen molar-refractivity contribution in [3.63, 3.8) is 0 Å². The van der Waals surface area contributed by atoms with Crippen molar-refractivity contribution in [3.8, 4) is 16.9 Å². The molecule has 26 heavy (non-hydrogen) atoms. The lowest BCUT2D eigenvalue weighted by Gasteiger charge is -2.14. The third-order valence-electron chi connectivity index (χ3n) is 4.42. The highest BCUT2D eigenvalue weighted by Gasteiger charge is 2.14. The van der Waals surface area contributed by atoms with Crippen LogP contribution in [0.5, 0.6) is 5.75 Å². The zero-order valence-corrected chi connectivity index (χ0v) is 15.3. The Kier molecular flexibility index (Phi) is 5.84. The number of rotatable bonds is 7. The van der Waals surface area contributed by atoms with Gasteiger partial charge in [-0.15, -0.1) is 0 Å². The fourth-order valence-corrected chi connectivity index (χ4v) is 3.06. The fourth-order valence-electron chi connectivity index (χ4n) is 3.06. The number of benzene rings is 2. The second-order valence-corrected chi connectivity index (χ2v) is 6.29. The number of hydrogen-bond donors (Lipinski definition) is 1. The zero-order chi connectivity index (χ0) is 18.4. The first kappa shape index (κ1) is 17.9. The highest BCUT2D eigenvalue weighted by atomic mass is 16.5. The van der Waals surface area contributed by atoms with Gasteiger partial charge in [-0.3, -0.25) is 9.78 Å². The topological polar surface area (TPSA) is 51.2 Å². The van der Waals surface area contributed by atoms with Crippen molar-refractivity contribution in [2.75, 3.05) is 13.7 Å². The molecule has 0 unspecified atom stereocenters. The van der Waals surface area contributed by atoms with E-state index in [4.69, 9.17) is 4.74 Å². The Morgan fingerprint density at radius 2 is 1.96 bits per heavy atom. The van der Waals surface area contributed by atoms with Gasteiger partial charge in [0.05, 0.1) is 19.0 Å². The molecule has 0 aliphatic rings. The van der Waals surface area contributed by atoms with Crippen LogP contribution in [0.1, 0.15) is 25.3 Å². The van der Waals surface area contributed by atoms with E-state index in [9.17, 15) is 4.79 Å². The van der Waals surface area contributed by atoms with Crippen molar-refractivity contribution < 1.29 is 9.53 Å². The van der Waals surface area contributed by atoms with Crippen LogP contribution in [-0.2, 0) is 11.2 Å². The van der Waals surface area contributed by atoms with Crippen molar-refractivity contribution in [1.82, 2.24) is 10.3 Å². The van der Waals surface area contributed by atoms with Gasteiger partial charge in [0.2, 0.25) is 5.91 Å². The van der Waals surface area contributed by atoms with E-state index in [0.717, 1.165) is 46.2 Å². The van der Waals surface area contributed by atoms with E-state index in [1.807, 2.05) is 42.6 Å². The lowest BCUT2D eigenvalue weighted by Crippen LogP contribution is -2.26. The number of fused-ring (bicyclic) bond motifs is 1. The van der Waals surface area contributed by atoms with Crippen molar-refractivity contribution in [2.24, 2.45) is 0 Å². The Labute approximate surface area is 154 Å². The van der Waals surface area contributed by atoms with Gasteiger partial charge in [0.1, 0.15) is 5.75 Å². The van der Waals surface area contributed by atoms with Crippen molar-refractivity contribution >= 4 is 16.8 Å². The minimum absolute atomic E-state index is 0.0275. The van der Waals surface area contributed by atoms with Gasteiger partial charge >= 0.3 is 0 Å². The summed E-state index contributed by atoms with van der Waals surface area (Å²) in [5, 5.41) is 3.98. The average molecular weight is 348 g/mol. The van der Waals surface area contributed by atoms with Gasteiger partial charge in [-0.2, -0.15) is 0 Å². The fraction of sp³-hybridized carbons (Fsp3) is 0.273. The number of hydrogen-bond acceptors (Lipinski definition) is 3. The second kappa shape index (κ2) is 8.48. The third kappa shape index (κ3) is 4.02. The average Bonchev–Trinajstić information content (AvgIpc) is 2.68. The van der Waals surface area contributed by atoms with Crippen molar-refractivity contribution in [3.05, 3.63) is 60.3 Å². The molecule has 2 aromatic carbocycles. The molecule has 4 nitrogen and oxygen atoms in total. The van der Waals surface area contributed by atoms with Crippen molar-refractivity contribution in [1.29, 1.82) is 0 Å². The van der Waals surface area contributed by atoms with Crippen molar-refractivity contribution in [2.45, 2.75) is 26.2 Å². The Balaban J connectivity index is 2.06. The maximum Gasteiger partial charge on any atom is 0.224 e. The number of nitrogens with one attached hydrogen (secondary N) is 1. The van der Waals surface area contributed by atoms with E-state index in [-0.39, 0.29) is 5.91 Å². The van der Waals surface area contributed by atoms with Crippen LogP contribution in [0.4, 0.5) is 0 Å². The summed E-state index contributed by atoms with van der Waals surface area (Å²) in [7, 11) is 1.65. The van der Waals surface area contributed by atoms with E-state index >= 15 is 0 Å². The number of carbonyl (C=O) groups excluding carboxylic acids is 1. The molecule has 3 aromatic rings. The SMILES string of the molecule is CCCCNC(=O)Cc1cnc2ccc(OC)cc2c1-c1ccccc1. The largest absolute Gasteiger partial charge is 0.497 e. The molecule has 0 atom stereocenters. The number of ether oxygens (including phenoxy) is 1. The van der Waals surface area contributed by atoms with Gasteiger partial charge in [-0.1, -0.05) is 43.7 Å². The molecule has 0 saturated carbocycles. The summed E-state index contributed by atoms with van der Waals surface area (Å²) < 4.78 is 5.39. The summed E-state index contributed by atoms with van der Waals surface area (Å²) in [6, 6.07) is 16.0. The highest BCUT2D eigenvalue weighted by molar-refractivity contribution is 5.98. The Bertz CT molecular complexity index is 891. The number of amides is 1. The van der Waals surface area contributed by atoms with Crippen LogP contribution < -0.4 is 10.1 Å². The van der Waals surface area contributed by atoms with Crippen LogP contribution in [-0.4, -0.2) is 24.5 Å². The summed E-state index contributed by atoms with van der Waals surface area (Å²) in [5.41, 5.74) is 3.93. The van der Waals surface area contributed by atoms with E-state index in [2.05, 4.69) is 29.4 Å². The molecule has 0 spiro atoms. The number of methoxy groups -OCH3 is 1. The minimum Gasteiger partial charge on any atom is -0.497 e. The quantitative estimate of drug-likeness (QED) is 0.645. The first-order valence-electron chi connectivity index (χ1n) is 9.00. The van der Waals surface area contributed by atoms with Gasteiger partial charge in [0.15, 0.2) is 0 Å². The molecule has 0 saturated heterocycles. The van der Waals surface area contributed by atoms with Gasteiger partial charge < -0.3 is 10.1 Å². The summed E-state index contributed by atoms with van der Waals surface area (Å²) in [6.45, 7) is 2.82. The van der Waals surface area contributed by atoms with E-state index in [1.165, 1.54) is 0 Å². The molecule has 1 N–H and O–H groups in total. The minimum atomic E-state index is 0.0275. The van der Waals surface area contributed by atoms with Gasteiger partial charge in [0, 0.05) is 18.1 Å².